The van der Waals surface area contributed by atoms with Crippen LogP contribution in [0.15, 0.2) is 18.2 Å². The van der Waals surface area contributed by atoms with E-state index in [9.17, 15) is 5.11 Å². The van der Waals surface area contributed by atoms with Gasteiger partial charge >= 0.3 is 0 Å². The molecule has 3 N–H and O–H groups in total. The molecule has 1 aromatic carbocycles. The molecule has 0 amide bonds. The Bertz CT molecular complexity index is 583. The molecule has 2 rings (SSSR count). The van der Waals surface area contributed by atoms with Crippen LogP contribution in [-0.4, -0.2) is 22.0 Å². The lowest BCUT2D eigenvalue weighted by atomic mass is 9.98. The summed E-state index contributed by atoms with van der Waals surface area (Å²) in [6.45, 7) is 4.13. The Morgan fingerprint density at radius 1 is 1.32 bits per heavy atom. The van der Waals surface area contributed by atoms with Crippen LogP contribution < -0.4 is 10.5 Å². The second kappa shape index (κ2) is 4.84. The van der Waals surface area contributed by atoms with Crippen LogP contribution in [0.5, 0.6) is 11.5 Å². The van der Waals surface area contributed by atoms with Crippen LogP contribution in [0.25, 0.3) is 11.3 Å². The van der Waals surface area contributed by atoms with Crippen molar-refractivity contribution in [3.8, 4) is 22.8 Å². The number of phenolic OH excluding ortho intramolecular Hbond substituents is 1. The summed E-state index contributed by atoms with van der Waals surface area (Å²) in [5.41, 5.74) is 8.27. The van der Waals surface area contributed by atoms with Gasteiger partial charge in [0.25, 0.3) is 0 Å². The molecular formula is C14H19N3O2. The maximum absolute atomic E-state index is 10.1. The molecule has 0 unspecified atom stereocenters. The first-order valence-corrected chi connectivity index (χ1v) is 6.14. The highest BCUT2D eigenvalue weighted by molar-refractivity contribution is 5.73. The Labute approximate surface area is 112 Å². The van der Waals surface area contributed by atoms with E-state index in [-0.39, 0.29) is 5.75 Å². The third-order valence-corrected chi connectivity index (χ3v) is 3.15. The standard InChI is InChI=1S/C14H19N3O2/c1-8(2)9-5-10(14(19-4)12(18)6-9)11-7-13(15)17(3)16-11/h5-8,18H,15H2,1-4H3. The van der Waals surface area contributed by atoms with Crippen molar-refractivity contribution in [3.05, 3.63) is 23.8 Å². The molecule has 1 aromatic heterocycles. The van der Waals surface area contributed by atoms with E-state index in [1.165, 1.54) is 7.11 Å². The number of aryl methyl sites for hydroxylation is 1. The molecule has 0 aliphatic carbocycles. The SMILES string of the molecule is COc1c(O)cc(C(C)C)cc1-c1cc(N)n(C)n1. The second-order valence-corrected chi connectivity index (χ2v) is 4.85. The zero-order valence-corrected chi connectivity index (χ0v) is 11.6. The molecular weight excluding hydrogens is 242 g/mol. The minimum absolute atomic E-state index is 0.118. The first-order valence-electron chi connectivity index (χ1n) is 6.14. The fourth-order valence-corrected chi connectivity index (χ4v) is 1.99. The van der Waals surface area contributed by atoms with Gasteiger partial charge in [0, 0.05) is 18.7 Å². The Morgan fingerprint density at radius 2 is 2.00 bits per heavy atom. The van der Waals surface area contributed by atoms with Gasteiger partial charge in [0.1, 0.15) is 5.82 Å². The van der Waals surface area contributed by atoms with Crippen LogP contribution in [-0.2, 0) is 7.05 Å². The molecule has 0 radical (unpaired) electrons. The van der Waals surface area contributed by atoms with Crippen LogP contribution >= 0.6 is 0 Å². The van der Waals surface area contributed by atoms with Gasteiger partial charge in [-0.25, -0.2) is 0 Å². The van der Waals surface area contributed by atoms with Crippen molar-refractivity contribution < 1.29 is 9.84 Å². The lowest BCUT2D eigenvalue weighted by molar-refractivity contribution is 0.374. The van der Waals surface area contributed by atoms with Gasteiger partial charge in [-0.3, -0.25) is 4.68 Å². The third kappa shape index (κ3) is 2.36. The van der Waals surface area contributed by atoms with Crippen molar-refractivity contribution in [1.29, 1.82) is 0 Å². The molecule has 19 heavy (non-hydrogen) atoms. The van der Waals surface area contributed by atoms with Crippen molar-refractivity contribution in [3.63, 3.8) is 0 Å². The number of ether oxygens (including phenoxy) is 1. The zero-order valence-electron chi connectivity index (χ0n) is 11.6. The number of nitrogens with two attached hydrogens (primary N) is 1. The van der Waals surface area contributed by atoms with Gasteiger partial charge in [-0.05, 0) is 23.6 Å². The molecule has 5 nitrogen and oxygen atoms in total. The molecule has 0 atom stereocenters. The predicted octanol–water partition coefficient (Wildman–Crippen LogP) is 2.51. The molecule has 2 aromatic rings. The first-order chi connectivity index (χ1) is 8.93. The summed E-state index contributed by atoms with van der Waals surface area (Å²) in [5.74, 6) is 1.40. The summed E-state index contributed by atoms with van der Waals surface area (Å²) in [6, 6.07) is 5.46. The molecule has 0 saturated carbocycles. The molecule has 0 aliphatic heterocycles. The van der Waals surface area contributed by atoms with Crippen molar-refractivity contribution in [2.75, 3.05) is 12.8 Å². The van der Waals surface area contributed by atoms with E-state index in [1.807, 2.05) is 6.07 Å². The van der Waals surface area contributed by atoms with E-state index in [4.69, 9.17) is 10.5 Å². The number of hydrogen-bond donors (Lipinski definition) is 2. The van der Waals surface area contributed by atoms with Crippen LogP contribution in [0, 0.1) is 0 Å². The van der Waals surface area contributed by atoms with E-state index >= 15 is 0 Å². The summed E-state index contributed by atoms with van der Waals surface area (Å²) in [5, 5.41) is 14.4. The number of rotatable bonds is 3. The molecule has 0 fully saturated rings. The summed E-state index contributed by atoms with van der Waals surface area (Å²) in [7, 11) is 3.30. The van der Waals surface area contributed by atoms with E-state index in [1.54, 1.807) is 23.9 Å². The van der Waals surface area contributed by atoms with Crippen molar-refractivity contribution in [1.82, 2.24) is 9.78 Å². The number of aromatic nitrogens is 2. The molecule has 5 heteroatoms. The molecule has 0 bridgehead atoms. The highest BCUT2D eigenvalue weighted by Gasteiger charge is 2.17. The predicted molar refractivity (Wildman–Crippen MR) is 75.4 cm³/mol. The highest BCUT2D eigenvalue weighted by atomic mass is 16.5. The largest absolute Gasteiger partial charge is 0.504 e. The smallest absolute Gasteiger partial charge is 0.169 e. The highest BCUT2D eigenvalue weighted by Crippen LogP contribution is 2.39. The van der Waals surface area contributed by atoms with Crippen molar-refractivity contribution in [2.45, 2.75) is 19.8 Å². The monoisotopic (exact) mass is 261 g/mol. The normalized spacial score (nSPS) is 11.0. The van der Waals surface area contributed by atoms with Crippen LogP contribution in [0.2, 0.25) is 0 Å². The number of aromatic hydroxyl groups is 1. The molecule has 102 valence electrons. The number of nitrogen functional groups attached to an aromatic ring is 1. The Balaban J connectivity index is 2.65. The van der Waals surface area contributed by atoms with E-state index in [0.717, 1.165) is 11.1 Å². The first kappa shape index (κ1) is 13.3. The summed E-state index contributed by atoms with van der Waals surface area (Å²) >= 11 is 0. The van der Waals surface area contributed by atoms with Gasteiger partial charge in [-0.1, -0.05) is 13.8 Å². The average Bonchev–Trinajstić information content (AvgIpc) is 2.68. The number of phenols is 1. The van der Waals surface area contributed by atoms with E-state index < -0.39 is 0 Å². The van der Waals surface area contributed by atoms with Gasteiger partial charge in [0.2, 0.25) is 0 Å². The zero-order chi connectivity index (χ0) is 14.2. The third-order valence-electron chi connectivity index (χ3n) is 3.15. The number of hydrogen-bond acceptors (Lipinski definition) is 4. The van der Waals surface area contributed by atoms with Gasteiger partial charge in [-0.2, -0.15) is 5.10 Å². The van der Waals surface area contributed by atoms with Crippen LogP contribution in [0.4, 0.5) is 5.82 Å². The number of methoxy groups -OCH3 is 1. The topological polar surface area (TPSA) is 73.3 Å². The maximum Gasteiger partial charge on any atom is 0.169 e. The second-order valence-electron chi connectivity index (χ2n) is 4.85. The minimum Gasteiger partial charge on any atom is -0.504 e. The lowest BCUT2D eigenvalue weighted by Gasteiger charge is -2.13. The molecule has 0 spiro atoms. The van der Waals surface area contributed by atoms with Crippen LogP contribution in [0.3, 0.4) is 0 Å². The molecule has 1 heterocycles. The number of anilines is 1. The number of nitrogens with zero attached hydrogens (tertiary/aromatic N) is 2. The summed E-state index contributed by atoms with van der Waals surface area (Å²) in [4.78, 5) is 0. The Hall–Kier alpha value is -2.17. The fourth-order valence-electron chi connectivity index (χ4n) is 1.99. The van der Waals surface area contributed by atoms with Gasteiger partial charge in [-0.15, -0.1) is 0 Å². The lowest BCUT2D eigenvalue weighted by Crippen LogP contribution is -1.97. The van der Waals surface area contributed by atoms with E-state index in [2.05, 4.69) is 18.9 Å². The quantitative estimate of drug-likeness (QED) is 0.890. The van der Waals surface area contributed by atoms with Gasteiger partial charge in [0.15, 0.2) is 11.5 Å². The molecule has 0 aliphatic rings. The summed E-state index contributed by atoms with van der Waals surface area (Å²) in [6.07, 6.45) is 0. The van der Waals surface area contributed by atoms with Gasteiger partial charge < -0.3 is 15.6 Å². The Morgan fingerprint density at radius 3 is 2.47 bits per heavy atom. The van der Waals surface area contributed by atoms with Crippen molar-refractivity contribution >= 4 is 5.82 Å². The molecule has 0 saturated heterocycles. The Kier molecular flexibility index (Phi) is 3.38. The van der Waals surface area contributed by atoms with Crippen molar-refractivity contribution in [2.24, 2.45) is 7.05 Å². The van der Waals surface area contributed by atoms with Gasteiger partial charge in [0.05, 0.1) is 12.8 Å². The van der Waals surface area contributed by atoms with Crippen LogP contribution in [0.1, 0.15) is 25.3 Å². The van der Waals surface area contributed by atoms with E-state index in [0.29, 0.717) is 23.2 Å². The summed E-state index contributed by atoms with van der Waals surface area (Å²) < 4.78 is 6.87. The fraction of sp³-hybridized carbons (Fsp3) is 0.357. The average molecular weight is 261 g/mol. The maximum atomic E-state index is 10.1. The minimum atomic E-state index is 0.118. The number of benzene rings is 1.